The van der Waals surface area contributed by atoms with Crippen LogP contribution in [-0.4, -0.2) is 24.6 Å². The lowest BCUT2D eigenvalue weighted by Crippen LogP contribution is -2.32. The maximum atomic E-state index is 12.5. The second kappa shape index (κ2) is 8.87. The normalized spacial score (nSPS) is 11.5. The van der Waals surface area contributed by atoms with Gasteiger partial charge >= 0.3 is 5.97 Å². The molecule has 0 bridgehead atoms. The molecule has 0 spiro atoms. The second-order valence-corrected chi connectivity index (χ2v) is 5.57. The van der Waals surface area contributed by atoms with E-state index < -0.39 is 12.1 Å². The Balaban J connectivity index is 2.08. The Morgan fingerprint density at radius 1 is 1.08 bits per heavy atom. The number of carbonyl (C=O) groups excluding carboxylic acids is 2. The minimum Gasteiger partial charge on any atom is -0.480 e. The van der Waals surface area contributed by atoms with Gasteiger partial charge in [-0.25, -0.2) is 4.79 Å². The molecule has 0 heterocycles. The number of benzene rings is 2. The van der Waals surface area contributed by atoms with E-state index in [1.165, 1.54) is 0 Å². The van der Waals surface area contributed by atoms with Crippen molar-refractivity contribution in [3.8, 4) is 5.75 Å². The quantitative estimate of drug-likeness (QED) is 0.774. The Bertz CT molecular complexity index is 742. The first kappa shape index (κ1) is 18.5. The summed E-state index contributed by atoms with van der Waals surface area (Å²) in [4.78, 5) is 24.3. The van der Waals surface area contributed by atoms with Crippen molar-refractivity contribution < 1.29 is 19.1 Å². The van der Waals surface area contributed by atoms with Gasteiger partial charge in [-0.3, -0.25) is 4.79 Å². The Kier molecular flexibility index (Phi) is 6.57. The molecule has 0 aliphatic heterocycles. The van der Waals surface area contributed by atoms with Gasteiger partial charge in [-0.1, -0.05) is 31.2 Å². The van der Waals surface area contributed by atoms with Crippen LogP contribution in [0.4, 0.5) is 5.69 Å². The number of hydrogen-bond acceptors (Lipinski definition) is 4. The summed E-state index contributed by atoms with van der Waals surface area (Å²) in [6, 6.07) is 14.2. The number of nitrogens with one attached hydrogen (secondary N) is 1. The summed E-state index contributed by atoms with van der Waals surface area (Å²) in [5.41, 5.74) is 1.90. The van der Waals surface area contributed by atoms with E-state index in [0.29, 0.717) is 30.0 Å². The number of amides is 1. The lowest BCUT2D eigenvalue weighted by molar-refractivity contribution is -0.122. The van der Waals surface area contributed by atoms with E-state index in [1.54, 1.807) is 31.2 Å². The van der Waals surface area contributed by atoms with Crippen LogP contribution in [0.2, 0.25) is 0 Å². The van der Waals surface area contributed by atoms with Crippen molar-refractivity contribution in [3.05, 3.63) is 59.7 Å². The molecule has 0 aliphatic carbocycles. The number of carbonyl (C=O) groups is 2. The van der Waals surface area contributed by atoms with Crippen molar-refractivity contribution in [1.29, 1.82) is 0 Å². The van der Waals surface area contributed by atoms with Gasteiger partial charge in [0.1, 0.15) is 5.75 Å². The van der Waals surface area contributed by atoms with Gasteiger partial charge in [0, 0.05) is 5.69 Å². The molecule has 5 heteroatoms. The molecular weight excluding hydrogens is 318 g/mol. The zero-order chi connectivity index (χ0) is 18.2. The summed E-state index contributed by atoms with van der Waals surface area (Å²) in [6.07, 6.45) is -0.0927. The van der Waals surface area contributed by atoms with Crippen LogP contribution in [0.25, 0.3) is 0 Å². The van der Waals surface area contributed by atoms with E-state index in [9.17, 15) is 9.59 Å². The lowest BCUT2D eigenvalue weighted by Gasteiger charge is -2.18. The van der Waals surface area contributed by atoms with Crippen LogP contribution >= 0.6 is 0 Å². The molecule has 0 saturated carbocycles. The summed E-state index contributed by atoms with van der Waals surface area (Å²) in [7, 11) is 0. The highest BCUT2D eigenvalue weighted by Gasteiger charge is 2.19. The third-order valence-electron chi connectivity index (χ3n) is 3.67. The molecule has 1 amide bonds. The number of hydrogen-bond donors (Lipinski definition) is 1. The topological polar surface area (TPSA) is 64.6 Å². The Labute approximate surface area is 148 Å². The van der Waals surface area contributed by atoms with E-state index in [0.717, 1.165) is 5.56 Å². The zero-order valence-electron chi connectivity index (χ0n) is 14.7. The molecule has 0 aliphatic rings. The van der Waals surface area contributed by atoms with Crippen LogP contribution in [0.1, 0.15) is 36.2 Å². The minimum absolute atomic E-state index is 0.258. The predicted molar refractivity (Wildman–Crippen MR) is 96.9 cm³/mol. The number of ether oxygens (including phenoxy) is 2. The Morgan fingerprint density at radius 2 is 1.84 bits per heavy atom. The standard InChI is InChI=1S/C20H23NO4/c1-4-17(25-18-12-7-6-9-14(18)3)19(22)21-16-11-8-10-15(13-16)20(23)24-5-2/h6-13,17H,4-5H2,1-3H3,(H,21,22). The zero-order valence-corrected chi connectivity index (χ0v) is 14.7. The predicted octanol–water partition coefficient (Wildman–Crippen LogP) is 3.97. The smallest absolute Gasteiger partial charge is 0.338 e. The first-order valence-electron chi connectivity index (χ1n) is 8.35. The largest absolute Gasteiger partial charge is 0.480 e. The maximum absolute atomic E-state index is 12.5. The minimum atomic E-state index is -0.618. The van der Waals surface area contributed by atoms with Gasteiger partial charge < -0.3 is 14.8 Å². The molecule has 0 fully saturated rings. The van der Waals surface area contributed by atoms with Gasteiger partial charge in [0.25, 0.3) is 5.91 Å². The second-order valence-electron chi connectivity index (χ2n) is 5.57. The van der Waals surface area contributed by atoms with E-state index in [1.807, 2.05) is 38.1 Å². The molecule has 2 rings (SSSR count). The fourth-order valence-electron chi connectivity index (χ4n) is 2.33. The highest BCUT2D eigenvalue weighted by atomic mass is 16.5. The summed E-state index contributed by atoms with van der Waals surface area (Å²) in [5, 5.41) is 2.80. The van der Waals surface area contributed by atoms with Gasteiger partial charge in [0.2, 0.25) is 0 Å². The lowest BCUT2D eigenvalue weighted by atomic mass is 10.2. The molecule has 2 aromatic carbocycles. The average Bonchev–Trinajstić information content (AvgIpc) is 2.61. The van der Waals surface area contributed by atoms with Crippen molar-refractivity contribution in [2.75, 3.05) is 11.9 Å². The summed E-state index contributed by atoms with van der Waals surface area (Å²) in [5.74, 6) is 0.0123. The fourth-order valence-corrected chi connectivity index (χ4v) is 2.33. The van der Waals surface area contributed by atoms with Crippen molar-refractivity contribution in [1.82, 2.24) is 0 Å². The van der Waals surface area contributed by atoms with Crippen molar-refractivity contribution in [2.24, 2.45) is 0 Å². The van der Waals surface area contributed by atoms with Gasteiger partial charge in [0.05, 0.1) is 12.2 Å². The SMILES string of the molecule is CCOC(=O)c1cccc(NC(=O)C(CC)Oc2ccccc2C)c1. The van der Waals surface area contributed by atoms with Gasteiger partial charge in [-0.15, -0.1) is 0 Å². The average molecular weight is 341 g/mol. The van der Waals surface area contributed by atoms with Gasteiger partial charge in [0.15, 0.2) is 6.10 Å². The first-order chi connectivity index (χ1) is 12.0. The molecular formula is C20H23NO4. The molecule has 0 radical (unpaired) electrons. The molecule has 1 unspecified atom stereocenters. The highest BCUT2D eigenvalue weighted by molar-refractivity contribution is 5.96. The van der Waals surface area contributed by atoms with E-state index in [2.05, 4.69) is 5.32 Å². The number of para-hydroxylation sites is 1. The maximum Gasteiger partial charge on any atom is 0.338 e. The van der Waals surface area contributed by atoms with Crippen LogP contribution < -0.4 is 10.1 Å². The third-order valence-corrected chi connectivity index (χ3v) is 3.67. The van der Waals surface area contributed by atoms with Crippen LogP contribution in [0, 0.1) is 6.92 Å². The molecule has 5 nitrogen and oxygen atoms in total. The fraction of sp³-hybridized carbons (Fsp3) is 0.300. The summed E-state index contributed by atoms with van der Waals surface area (Å²) < 4.78 is 10.8. The van der Waals surface area contributed by atoms with E-state index in [-0.39, 0.29) is 5.91 Å². The number of aryl methyl sites for hydroxylation is 1. The molecule has 0 saturated heterocycles. The number of esters is 1. The Hall–Kier alpha value is -2.82. The molecule has 2 aromatic rings. The molecule has 1 N–H and O–H groups in total. The van der Waals surface area contributed by atoms with Gasteiger partial charge in [-0.05, 0) is 50.1 Å². The number of rotatable bonds is 7. The van der Waals surface area contributed by atoms with E-state index in [4.69, 9.17) is 9.47 Å². The molecule has 1 atom stereocenters. The first-order valence-corrected chi connectivity index (χ1v) is 8.35. The monoisotopic (exact) mass is 341 g/mol. The van der Waals surface area contributed by atoms with Crippen LogP contribution in [0.3, 0.4) is 0 Å². The third kappa shape index (κ3) is 5.08. The van der Waals surface area contributed by atoms with Crippen LogP contribution in [-0.2, 0) is 9.53 Å². The van der Waals surface area contributed by atoms with Crippen LogP contribution in [0.5, 0.6) is 5.75 Å². The van der Waals surface area contributed by atoms with Crippen molar-refractivity contribution >= 4 is 17.6 Å². The van der Waals surface area contributed by atoms with E-state index >= 15 is 0 Å². The van der Waals surface area contributed by atoms with Gasteiger partial charge in [-0.2, -0.15) is 0 Å². The summed E-state index contributed by atoms with van der Waals surface area (Å²) in [6.45, 7) is 5.87. The highest BCUT2D eigenvalue weighted by Crippen LogP contribution is 2.20. The molecule has 0 aromatic heterocycles. The molecule has 25 heavy (non-hydrogen) atoms. The molecule has 132 valence electrons. The Morgan fingerprint density at radius 3 is 2.52 bits per heavy atom. The number of anilines is 1. The van der Waals surface area contributed by atoms with Crippen molar-refractivity contribution in [2.45, 2.75) is 33.3 Å². The van der Waals surface area contributed by atoms with Crippen LogP contribution in [0.15, 0.2) is 48.5 Å². The van der Waals surface area contributed by atoms with Crippen molar-refractivity contribution in [3.63, 3.8) is 0 Å². The summed E-state index contributed by atoms with van der Waals surface area (Å²) >= 11 is 0.